The van der Waals surface area contributed by atoms with Crippen molar-refractivity contribution in [2.45, 2.75) is 26.4 Å². The zero-order valence-corrected chi connectivity index (χ0v) is 14.9. The molecule has 5 heteroatoms. The predicted molar refractivity (Wildman–Crippen MR) is 98.9 cm³/mol. The second-order valence-corrected chi connectivity index (χ2v) is 6.63. The van der Waals surface area contributed by atoms with Crippen molar-refractivity contribution < 1.29 is 4.42 Å². The lowest BCUT2D eigenvalue weighted by molar-refractivity contribution is 0.547. The van der Waals surface area contributed by atoms with Crippen molar-refractivity contribution in [1.82, 2.24) is 5.32 Å². The molecule has 24 heavy (non-hydrogen) atoms. The summed E-state index contributed by atoms with van der Waals surface area (Å²) in [4.78, 5) is 11.8. The van der Waals surface area contributed by atoms with Crippen molar-refractivity contribution >= 4 is 34.2 Å². The van der Waals surface area contributed by atoms with E-state index in [1.165, 1.54) is 6.07 Å². The molecule has 3 nitrogen and oxygen atoms in total. The lowest BCUT2D eigenvalue weighted by atomic mass is 10.1. The van der Waals surface area contributed by atoms with Crippen LogP contribution in [0.15, 0.2) is 51.7 Å². The molecule has 0 amide bonds. The molecule has 0 radical (unpaired) electrons. The number of nitrogens with one attached hydrogen (secondary N) is 1. The van der Waals surface area contributed by atoms with Crippen molar-refractivity contribution in [2.75, 3.05) is 0 Å². The van der Waals surface area contributed by atoms with Crippen molar-refractivity contribution in [3.05, 3.63) is 79.6 Å². The molecule has 1 aromatic heterocycles. The first kappa shape index (κ1) is 17.0. The summed E-state index contributed by atoms with van der Waals surface area (Å²) in [5, 5.41) is 5.60. The maximum absolute atomic E-state index is 11.8. The average molecular weight is 362 g/mol. The molecule has 0 saturated carbocycles. The van der Waals surface area contributed by atoms with Gasteiger partial charge in [-0.25, -0.2) is 4.79 Å². The van der Waals surface area contributed by atoms with Gasteiger partial charge in [-0.3, -0.25) is 0 Å². The number of rotatable bonds is 4. The summed E-state index contributed by atoms with van der Waals surface area (Å²) in [6, 6.07) is 12.9. The van der Waals surface area contributed by atoms with Crippen LogP contribution in [0.2, 0.25) is 10.0 Å². The Morgan fingerprint density at radius 2 is 1.88 bits per heavy atom. The fraction of sp³-hybridized carbons (Fsp3) is 0.211. The summed E-state index contributed by atoms with van der Waals surface area (Å²) in [5.74, 6) is 0. The first-order chi connectivity index (χ1) is 11.5. The predicted octanol–water partition coefficient (Wildman–Crippen LogP) is 5.26. The zero-order chi connectivity index (χ0) is 17.3. The van der Waals surface area contributed by atoms with E-state index in [9.17, 15) is 4.79 Å². The number of hydrogen-bond acceptors (Lipinski definition) is 3. The molecule has 0 fully saturated rings. The highest BCUT2D eigenvalue weighted by Gasteiger charge is 2.12. The van der Waals surface area contributed by atoms with E-state index in [2.05, 4.69) is 5.32 Å². The van der Waals surface area contributed by atoms with Crippen LogP contribution >= 0.6 is 23.2 Å². The Bertz CT molecular complexity index is 950. The third-order valence-electron chi connectivity index (χ3n) is 4.08. The summed E-state index contributed by atoms with van der Waals surface area (Å²) in [7, 11) is 0. The molecule has 0 spiro atoms. The average Bonchev–Trinajstić information content (AvgIpc) is 2.54. The quantitative estimate of drug-likeness (QED) is 0.644. The first-order valence-corrected chi connectivity index (χ1v) is 8.42. The highest BCUT2D eigenvalue weighted by atomic mass is 35.5. The molecule has 1 N–H and O–H groups in total. The largest absolute Gasteiger partial charge is 0.423 e. The van der Waals surface area contributed by atoms with Gasteiger partial charge in [0.05, 0.1) is 0 Å². The summed E-state index contributed by atoms with van der Waals surface area (Å²) in [5.41, 5.74) is 2.92. The molecule has 1 heterocycles. The van der Waals surface area contributed by atoms with Crippen LogP contribution in [-0.2, 0) is 6.54 Å². The second kappa shape index (κ2) is 6.98. The number of hydrogen-bond donors (Lipinski definition) is 1. The topological polar surface area (TPSA) is 42.2 Å². The Morgan fingerprint density at radius 1 is 1.12 bits per heavy atom. The van der Waals surface area contributed by atoms with Crippen molar-refractivity contribution in [3.8, 4) is 0 Å². The van der Waals surface area contributed by atoms with Gasteiger partial charge in [-0.05, 0) is 48.7 Å². The molecular weight excluding hydrogens is 345 g/mol. The lowest BCUT2D eigenvalue weighted by Gasteiger charge is -2.16. The van der Waals surface area contributed by atoms with Crippen LogP contribution in [0.3, 0.4) is 0 Å². The fourth-order valence-electron chi connectivity index (χ4n) is 2.69. The SMILES string of the molecule is Cc1cc2oc(=O)cc(CNC(C)c3ccccc3Cl)c2cc1Cl. The smallest absolute Gasteiger partial charge is 0.336 e. The number of fused-ring (bicyclic) bond motifs is 1. The van der Waals surface area contributed by atoms with Crippen molar-refractivity contribution in [3.63, 3.8) is 0 Å². The lowest BCUT2D eigenvalue weighted by Crippen LogP contribution is -2.19. The standard InChI is InChI=1S/C19H17Cl2NO2/c1-11-7-18-15(9-17(11)21)13(8-19(23)24-18)10-22-12(2)14-5-3-4-6-16(14)20/h3-9,12,22H,10H2,1-2H3. The van der Waals surface area contributed by atoms with E-state index in [1.54, 1.807) is 6.07 Å². The third-order valence-corrected chi connectivity index (χ3v) is 4.83. The molecule has 0 bridgehead atoms. The maximum atomic E-state index is 11.8. The molecular formula is C19H17Cl2NO2. The van der Waals surface area contributed by atoms with E-state index in [0.29, 0.717) is 22.2 Å². The molecule has 0 saturated heterocycles. The fourth-order valence-corrected chi connectivity index (χ4v) is 3.16. The van der Waals surface area contributed by atoms with Gasteiger partial charge >= 0.3 is 5.63 Å². The summed E-state index contributed by atoms with van der Waals surface area (Å²) < 4.78 is 5.29. The van der Waals surface area contributed by atoms with Crippen LogP contribution in [0.5, 0.6) is 0 Å². The van der Waals surface area contributed by atoms with E-state index < -0.39 is 0 Å². The van der Waals surface area contributed by atoms with Crippen LogP contribution in [0, 0.1) is 6.92 Å². The van der Waals surface area contributed by atoms with Gasteiger partial charge in [-0.2, -0.15) is 0 Å². The second-order valence-electron chi connectivity index (χ2n) is 5.81. The molecule has 3 rings (SSSR count). The normalized spacial score (nSPS) is 12.5. The van der Waals surface area contributed by atoms with Gasteiger partial charge in [-0.1, -0.05) is 41.4 Å². The Labute approximate surface area is 150 Å². The molecule has 3 aromatic rings. The highest BCUT2D eigenvalue weighted by Crippen LogP contribution is 2.26. The Kier molecular flexibility index (Phi) is 4.95. The van der Waals surface area contributed by atoms with E-state index >= 15 is 0 Å². The van der Waals surface area contributed by atoms with Crippen molar-refractivity contribution in [1.29, 1.82) is 0 Å². The van der Waals surface area contributed by atoms with Gasteiger partial charge in [0.15, 0.2) is 0 Å². The molecule has 0 aliphatic rings. The summed E-state index contributed by atoms with van der Waals surface area (Å²) >= 11 is 12.5. The minimum atomic E-state index is -0.369. The van der Waals surface area contributed by atoms with Crippen LogP contribution in [0.4, 0.5) is 0 Å². The van der Waals surface area contributed by atoms with E-state index in [-0.39, 0.29) is 11.7 Å². The molecule has 1 atom stereocenters. The molecule has 0 aliphatic heterocycles. The van der Waals surface area contributed by atoms with Gasteiger partial charge in [0.2, 0.25) is 0 Å². The maximum Gasteiger partial charge on any atom is 0.336 e. The molecule has 0 aliphatic carbocycles. The Balaban J connectivity index is 1.91. The summed E-state index contributed by atoms with van der Waals surface area (Å²) in [6.07, 6.45) is 0. The monoisotopic (exact) mass is 361 g/mol. The van der Waals surface area contributed by atoms with E-state index in [0.717, 1.165) is 22.1 Å². The number of benzene rings is 2. The van der Waals surface area contributed by atoms with Crippen LogP contribution in [0.25, 0.3) is 11.0 Å². The minimum absolute atomic E-state index is 0.0434. The van der Waals surface area contributed by atoms with Crippen LogP contribution in [-0.4, -0.2) is 0 Å². The highest BCUT2D eigenvalue weighted by molar-refractivity contribution is 6.32. The number of aryl methyl sites for hydroxylation is 1. The Morgan fingerprint density at radius 3 is 2.62 bits per heavy atom. The first-order valence-electron chi connectivity index (χ1n) is 7.66. The number of halogens is 2. The zero-order valence-electron chi connectivity index (χ0n) is 13.4. The molecule has 124 valence electrons. The van der Waals surface area contributed by atoms with Gasteiger partial charge in [0.1, 0.15) is 5.58 Å². The molecule has 1 unspecified atom stereocenters. The third kappa shape index (κ3) is 3.48. The minimum Gasteiger partial charge on any atom is -0.423 e. The van der Waals surface area contributed by atoms with Crippen molar-refractivity contribution in [2.24, 2.45) is 0 Å². The Hall–Kier alpha value is -1.81. The van der Waals surface area contributed by atoms with Crippen LogP contribution < -0.4 is 10.9 Å². The van der Waals surface area contributed by atoms with E-state index in [4.69, 9.17) is 27.6 Å². The van der Waals surface area contributed by atoms with Gasteiger partial charge in [0.25, 0.3) is 0 Å². The van der Waals surface area contributed by atoms with E-state index in [1.807, 2.05) is 44.2 Å². The molecule has 2 aromatic carbocycles. The van der Waals surface area contributed by atoms with Crippen LogP contribution in [0.1, 0.15) is 29.7 Å². The summed E-state index contributed by atoms with van der Waals surface area (Å²) in [6.45, 7) is 4.42. The van der Waals surface area contributed by atoms with Gasteiger partial charge < -0.3 is 9.73 Å². The van der Waals surface area contributed by atoms with Gasteiger partial charge in [0, 0.05) is 34.1 Å². The van der Waals surface area contributed by atoms with Gasteiger partial charge in [-0.15, -0.1) is 0 Å².